The van der Waals surface area contributed by atoms with E-state index < -0.39 is 0 Å². The fourth-order valence-electron chi connectivity index (χ4n) is 2.43. The summed E-state index contributed by atoms with van der Waals surface area (Å²) in [6.07, 6.45) is 0. The molecule has 0 unspecified atom stereocenters. The van der Waals surface area contributed by atoms with E-state index in [1.165, 1.54) is 11.1 Å². The second-order valence-electron chi connectivity index (χ2n) is 5.09. The van der Waals surface area contributed by atoms with Crippen LogP contribution in [0.5, 0.6) is 5.75 Å². The highest BCUT2D eigenvalue weighted by Crippen LogP contribution is 2.24. The normalized spacial score (nSPS) is 11.0. The summed E-state index contributed by atoms with van der Waals surface area (Å²) in [5.74, 6) is 2.09. The van der Waals surface area contributed by atoms with E-state index in [1.807, 2.05) is 18.2 Å². The van der Waals surface area contributed by atoms with Gasteiger partial charge in [0.15, 0.2) is 0 Å². The third-order valence-corrected chi connectivity index (χ3v) is 3.85. The van der Waals surface area contributed by atoms with Crippen LogP contribution in [0, 0.1) is 6.92 Å². The Bertz CT molecular complexity index is 762. The zero-order valence-corrected chi connectivity index (χ0v) is 12.9. The number of methoxy groups -OCH3 is 1. The number of benzene rings is 2. The Hall–Kier alpha value is -2.00. The van der Waals surface area contributed by atoms with Gasteiger partial charge in [-0.1, -0.05) is 29.8 Å². The summed E-state index contributed by atoms with van der Waals surface area (Å²) in [7, 11) is 1.67. The first-order valence-electron chi connectivity index (χ1n) is 6.86. The summed E-state index contributed by atoms with van der Waals surface area (Å²) in [5.41, 5.74) is 4.48. The number of hydrogen-bond donors (Lipinski definition) is 0. The Labute approximate surface area is 129 Å². The lowest BCUT2D eigenvalue weighted by molar-refractivity contribution is 0.415. The van der Waals surface area contributed by atoms with Crippen molar-refractivity contribution in [3.8, 4) is 5.75 Å². The van der Waals surface area contributed by atoms with E-state index in [0.717, 1.165) is 29.2 Å². The Balaban J connectivity index is 2.08. The lowest BCUT2D eigenvalue weighted by Crippen LogP contribution is -2.03. The van der Waals surface area contributed by atoms with Crippen molar-refractivity contribution in [2.24, 2.45) is 0 Å². The maximum Gasteiger partial charge on any atom is 0.125 e. The molecule has 0 fully saturated rings. The number of aromatic nitrogens is 2. The van der Waals surface area contributed by atoms with E-state index in [-0.39, 0.29) is 0 Å². The molecular formula is C17H17ClN2O. The van der Waals surface area contributed by atoms with Crippen LogP contribution in [0.4, 0.5) is 0 Å². The molecule has 21 heavy (non-hydrogen) atoms. The van der Waals surface area contributed by atoms with Crippen molar-refractivity contribution in [2.45, 2.75) is 19.3 Å². The smallest absolute Gasteiger partial charge is 0.125 e. The molecule has 3 rings (SSSR count). The zero-order chi connectivity index (χ0) is 14.8. The maximum atomic E-state index is 6.05. The Morgan fingerprint density at radius 1 is 1.14 bits per heavy atom. The van der Waals surface area contributed by atoms with E-state index in [0.29, 0.717) is 5.88 Å². The van der Waals surface area contributed by atoms with Gasteiger partial charge in [0.05, 0.1) is 24.0 Å². The molecule has 2 aromatic carbocycles. The largest absolute Gasteiger partial charge is 0.497 e. The molecule has 3 nitrogen and oxygen atoms in total. The van der Waals surface area contributed by atoms with Gasteiger partial charge in [0.2, 0.25) is 0 Å². The first-order valence-corrected chi connectivity index (χ1v) is 7.39. The van der Waals surface area contributed by atoms with Crippen LogP contribution in [0.25, 0.3) is 11.0 Å². The number of rotatable bonds is 4. The van der Waals surface area contributed by atoms with E-state index in [1.54, 1.807) is 7.11 Å². The molecule has 0 atom stereocenters. The van der Waals surface area contributed by atoms with Gasteiger partial charge in [-0.05, 0) is 24.6 Å². The van der Waals surface area contributed by atoms with Gasteiger partial charge in [-0.3, -0.25) is 0 Å². The molecule has 4 heteroatoms. The first kappa shape index (κ1) is 14.0. The van der Waals surface area contributed by atoms with Crippen LogP contribution in [-0.4, -0.2) is 16.7 Å². The van der Waals surface area contributed by atoms with Crippen LogP contribution >= 0.6 is 11.6 Å². The molecule has 0 aliphatic rings. The third kappa shape index (κ3) is 2.74. The summed E-state index contributed by atoms with van der Waals surface area (Å²) >= 11 is 6.05. The van der Waals surface area contributed by atoms with E-state index in [2.05, 4.69) is 40.7 Å². The molecule has 0 N–H and O–H groups in total. The first-order chi connectivity index (χ1) is 10.2. The lowest BCUT2D eigenvalue weighted by Gasteiger charge is -2.09. The van der Waals surface area contributed by atoms with Gasteiger partial charge in [0.1, 0.15) is 11.6 Å². The number of fused-ring (bicyclic) bond motifs is 1. The molecule has 0 amide bonds. The average molecular weight is 301 g/mol. The van der Waals surface area contributed by atoms with Crippen molar-refractivity contribution >= 4 is 22.6 Å². The van der Waals surface area contributed by atoms with Gasteiger partial charge in [0.25, 0.3) is 0 Å². The average Bonchev–Trinajstić information content (AvgIpc) is 2.86. The second kappa shape index (κ2) is 5.78. The van der Waals surface area contributed by atoms with Gasteiger partial charge < -0.3 is 9.30 Å². The number of aryl methyl sites for hydroxylation is 1. The summed E-state index contributed by atoms with van der Waals surface area (Å²) in [6, 6.07) is 14.4. The summed E-state index contributed by atoms with van der Waals surface area (Å²) in [4.78, 5) is 4.60. The fraction of sp³-hybridized carbons (Fsp3) is 0.235. The van der Waals surface area contributed by atoms with E-state index >= 15 is 0 Å². The lowest BCUT2D eigenvalue weighted by atomic mass is 10.1. The molecule has 0 bridgehead atoms. The molecule has 1 heterocycles. The standard InChI is InChI=1S/C17H17ClN2O/c1-12-3-5-13(6-4-12)11-20-16-9-14(21-2)7-8-15(16)19-17(20)10-18/h3-9H,10-11H2,1-2H3. The summed E-state index contributed by atoms with van der Waals surface area (Å²) in [5, 5.41) is 0. The van der Waals surface area contributed by atoms with Gasteiger partial charge >= 0.3 is 0 Å². The van der Waals surface area contributed by atoms with Crippen molar-refractivity contribution in [2.75, 3.05) is 7.11 Å². The predicted molar refractivity (Wildman–Crippen MR) is 86.1 cm³/mol. The zero-order valence-electron chi connectivity index (χ0n) is 12.1. The summed E-state index contributed by atoms with van der Waals surface area (Å²) in [6.45, 7) is 2.84. The van der Waals surface area contributed by atoms with Crippen molar-refractivity contribution in [1.82, 2.24) is 9.55 Å². The van der Waals surface area contributed by atoms with Gasteiger partial charge in [-0.15, -0.1) is 11.6 Å². The molecule has 0 aliphatic carbocycles. The van der Waals surface area contributed by atoms with Crippen molar-refractivity contribution < 1.29 is 4.74 Å². The highest BCUT2D eigenvalue weighted by atomic mass is 35.5. The third-order valence-electron chi connectivity index (χ3n) is 3.62. The highest BCUT2D eigenvalue weighted by molar-refractivity contribution is 6.16. The Morgan fingerprint density at radius 3 is 2.57 bits per heavy atom. The topological polar surface area (TPSA) is 27.1 Å². The van der Waals surface area contributed by atoms with Crippen LogP contribution in [0.3, 0.4) is 0 Å². The molecule has 0 spiro atoms. The Morgan fingerprint density at radius 2 is 1.90 bits per heavy atom. The van der Waals surface area contributed by atoms with Gasteiger partial charge in [0, 0.05) is 12.6 Å². The number of hydrogen-bond acceptors (Lipinski definition) is 2. The minimum atomic E-state index is 0.392. The van der Waals surface area contributed by atoms with Crippen LogP contribution in [0.1, 0.15) is 17.0 Å². The number of nitrogens with zero attached hydrogens (tertiary/aromatic N) is 2. The minimum Gasteiger partial charge on any atom is -0.497 e. The van der Waals surface area contributed by atoms with Gasteiger partial charge in [-0.25, -0.2) is 4.98 Å². The van der Waals surface area contributed by atoms with E-state index in [4.69, 9.17) is 16.3 Å². The SMILES string of the molecule is COc1ccc2nc(CCl)n(Cc3ccc(C)cc3)c2c1. The Kier molecular flexibility index (Phi) is 3.84. The summed E-state index contributed by atoms with van der Waals surface area (Å²) < 4.78 is 7.46. The molecule has 0 aliphatic heterocycles. The van der Waals surface area contributed by atoms with Crippen LogP contribution in [0.2, 0.25) is 0 Å². The van der Waals surface area contributed by atoms with Crippen molar-refractivity contribution in [1.29, 1.82) is 0 Å². The monoisotopic (exact) mass is 300 g/mol. The van der Waals surface area contributed by atoms with Crippen LogP contribution < -0.4 is 4.74 Å². The van der Waals surface area contributed by atoms with Crippen LogP contribution in [-0.2, 0) is 12.4 Å². The highest BCUT2D eigenvalue weighted by Gasteiger charge is 2.11. The fourth-order valence-corrected chi connectivity index (χ4v) is 2.64. The molecule has 108 valence electrons. The van der Waals surface area contributed by atoms with Crippen molar-refractivity contribution in [3.05, 3.63) is 59.4 Å². The molecule has 0 saturated carbocycles. The van der Waals surface area contributed by atoms with Crippen LogP contribution in [0.15, 0.2) is 42.5 Å². The van der Waals surface area contributed by atoms with Crippen molar-refractivity contribution in [3.63, 3.8) is 0 Å². The molecule has 0 radical (unpaired) electrons. The van der Waals surface area contributed by atoms with Gasteiger partial charge in [-0.2, -0.15) is 0 Å². The molecular weight excluding hydrogens is 284 g/mol. The second-order valence-corrected chi connectivity index (χ2v) is 5.36. The number of imidazole rings is 1. The number of alkyl halides is 1. The molecule has 0 saturated heterocycles. The molecule has 3 aromatic rings. The maximum absolute atomic E-state index is 6.05. The van der Waals surface area contributed by atoms with E-state index in [9.17, 15) is 0 Å². The number of halogens is 1. The minimum absolute atomic E-state index is 0.392. The predicted octanol–water partition coefficient (Wildman–Crippen LogP) is 4.14. The molecule has 1 aromatic heterocycles. The number of ether oxygens (including phenoxy) is 1. The quantitative estimate of drug-likeness (QED) is 0.677.